The molecule has 0 aliphatic carbocycles. The van der Waals surface area contributed by atoms with Crippen molar-refractivity contribution in [2.75, 3.05) is 13.2 Å². The lowest BCUT2D eigenvalue weighted by Gasteiger charge is -2.40. The lowest BCUT2D eigenvalue weighted by Crippen LogP contribution is -2.59. The quantitative estimate of drug-likeness (QED) is 0.378. The van der Waals surface area contributed by atoms with E-state index in [2.05, 4.69) is 6.92 Å². The summed E-state index contributed by atoms with van der Waals surface area (Å²) in [7, 11) is 0. The predicted molar refractivity (Wildman–Crippen MR) is 91.6 cm³/mol. The Morgan fingerprint density at radius 1 is 0.792 bits per heavy atom. The first-order chi connectivity index (χ1) is 11.6. The van der Waals surface area contributed by atoms with Gasteiger partial charge in [0.2, 0.25) is 0 Å². The third kappa shape index (κ3) is 7.76. The molecule has 1 aliphatic rings. The zero-order chi connectivity index (χ0) is 17.8. The van der Waals surface area contributed by atoms with E-state index in [9.17, 15) is 20.4 Å². The molecule has 1 rings (SSSR count). The monoisotopic (exact) mass is 348 g/mol. The molecule has 0 aromatic heterocycles. The Morgan fingerprint density at radius 3 is 1.88 bits per heavy atom. The Bertz CT molecular complexity index is 299. The van der Waals surface area contributed by atoms with Gasteiger partial charge in [-0.15, -0.1) is 0 Å². The molecule has 0 saturated carbocycles. The van der Waals surface area contributed by atoms with E-state index in [1.54, 1.807) is 0 Å². The highest BCUT2D eigenvalue weighted by atomic mass is 16.6. The summed E-state index contributed by atoms with van der Waals surface area (Å²) in [5, 5.41) is 38.2. The van der Waals surface area contributed by atoms with Crippen LogP contribution in [0.15, 0.2) is 0 Å². The Morgan fingerprint density at radius 2 is 1.33 bits per heavy atom. The molecule has 6 nitrogen and oxygen atoms in total. The standard InChI is InChI=1S/C18H36O6/c1-2-3-4-5-6-7-8-9-10-11-12-23-17-14(13-19)24-18(22)16(21)15(17)20/h14-22H,2-13H2,1H3/t14-,15-,16-,17+,18+/m1/s1. The second-order valence-electron chi connectivity index (χ2n) is 6.75. The zero-order valence-corrected chi connectivity index (χ0v) is 15.0. The van der Waals surface area contributed by atoms with Gasteiger partial charge < -0.3 is 29.9 Å². The van der Waals surface area contributed by atoms with Crippen LogP contribution in [0.5, 0.6) is 0 Å². The van der Waals surface area contributed by atoms with E-state index in [1.807, 2.05) is 0 Å². The highest BCUT2D eigenvalue weighted by Gasteiger charge is 2.44. The highest BCUT2D eigenvalue weighted by molar-refractivity contribution is 4.89. The van der Waals surface area contributed by atoms with Gasteiger partial charge in [-0.1, -0.05) is 64.7 Å². The Hall–Kier alpha value is -0.240. The molecule has 144 valence electrons. The van der Waals surface area contributed by atoms with Crippen LogP contribution >= 0.6 is 0 Å². The smallest absolute Gasteiger partial charge is 0.184 e. The van der Waals surface area contributed by atoms with Crippen LogP contribution in [0.1, 0.15) is 71.1 Å². The molecule has 1 saturated heterocycles. The minimum Gasteiger partial charge on any atom is -0.394 e. The lowest BCUT2D eigenvalue weighted by molar-refractivity contribution is -0.294. The average Bonchev–Trinajstić information content (AvgIpc) is 2.59. The first-order valence-electron chi connectivity index (χ1n) is 9.54. The van der Waals surface area contributed by atoms with Crippen molar-refractivity contribution in [2.45, 2.75) is 102 Å². The van der Waals surface area contributed by atoms with E-state index in [0.717, 1.165) is 12.8 Å². The minimum absolute atomic E-state index is 0.371. The van der Waals surface area contributed by atoms with Crippen LogP contribution < -0.4 is 0 Å². The van der Waals surface area contributed by atoms with E-state index in [0.29, 0.717) is 6.61 Å². The number of aliphatic hydroxyl groups is 4. The third-order valence-corrected chi connectivity index (χ3v) is 4.65. The number of hydrogen-bond acceptors (Lipinski definition) is 6. The van der Waals surface area contributed by atoms with Gasteiger partial charge in [-0.05, 0) is 6.42 Å². The van der Waals surface area contributed by atoms with Gasteiger partial charge in [0.15, 0.2) is 6.29 Å². The van der Waals surface area contributed by atoms with Crippen molar-refractivity contribution in [1.82, 2.24) is 0 Å². The second kappa shape index (κ2) is 13.0. The van der Waals surface area contributed by atoms with Crippen molar-refractivity contribution in [2.24, 2.45) is 0 Å². The fraction of sp³-hybridized carbons (Fsp3) is 1.00. The number of rotatable bonds is 13. The molecule has 24 heavy (non-hydrogen) atoms. The van der Waals surface area contributed by atoms with Crippen molar-refractivity contribution >= 4 is 0 Å². The maximum Gasteiger partial charge on any atom is 0.184 e. The average molecular weight is 348 g/mol. The van der Waals surface area contributed by atoms with Crippen LogP contribution in [-0.4, -0.2) is 64.3 Å². The summed E-state index contributed by atoms with van der Waals surface area (Å²) in [6.07, 6.45) is 6.48. The van der Waals surface area contributed by atoms with Gasteiger partial charge in [-0.2, -0.15) is 0 Å². The van der Waals surface area contributed by atoms with Crippen molar-refractivity contribution in [3.8, 4) is 0 Å². The fourth-order valence-electron chi connectivity index (χ4n) is 3.08. The van der Waals surface area contributed by atoms with Crippen LogP contribution in [-0.2, 0) is 9.47 Å². The maximum absolute atomic E-state index is 9.94. The van der Waals surface area contributed by atoms with Gasteiger partial charge in [-0.25, -0.2) is 0 Å². The summed E-state index contributed by atoms with van der Waals surface area (Å²) in [6.45, 7) is 2.30. The molecule has 4 N–H and O–H groups in total. The molecule has 1 heterocycles. The molecule has 0 radical (unpaired) electrons. The second-order valence-corrected chi connectivity index (χ2v) is 6.75. The van der Waals surface area contributed by atoms with Gasteiger partial charge in [0.05, 0.1) is 6.61 Å². The normalized spacial score (nSPS) is 30.6. The molecule has 0 bridgehead atoms. The van der Waals surface area contributed by atoms with Crippen LogP contribution in [0.2, 0.25) is 0 Å². The van der Waals surface area contributed by atoms with Crippen molar-refractivity contribution in [3.63, 3.8) is 0 Å². The molecule has 0 aromatic rings. The van der Waals surface area contributed by atoms with E-state index in [-0.39, 0.29) is 6.61 Å². The van der Waals surface area contributed by atoms with Gasteiger partial charge in [0.1, 0.15) is 24.4 Å². The predicted octanol–water partition coefficient (Wildman–Crippen LogP) is 1.72. The van der Waals surface area contributed by atoms with Gasteiger partial charge in [0.25, 0.3) is 0 Å². The molecule has 0 aromatic carbocycles. The molecule has 0 amide bonds. The van der Waals surface area contributed by atoms with Crippen LogP contribution in [0, 0.1) is 0 Å². The van der Waals surface area contributed by atoms with E-state index >= 15 is 0 Å². The number of hydrogen-bond donors (Lipinski definition) is 4. The van der Waals surface area contributed by atoms with E-state index < -0.39 is 30.7 Å². The highest BCUT2D eigenvalue weighted by Crippen LogP contribution is 2.22. The van der Waals surface area contributed by atoms with Crippen LogP contribution in [0.3, 0.4) is 0 Å². The number of ether oxygens (including phenoxy) is 2. The number of aliphatic hydroxyl groups excluding tert-OH is 4. The molecule has 0 spiro atoms. The molecule has 1 aliphatic heterocycles. The van der Waals surface area contributed by atoms with Gasteiger partial charge in [0, 0.05) is 6.61 Å². The first-order valence-corrected chi connectivity index (χ1v) is 9.54. The summed E-state index contributed by atoms with van der Waals surface area (Å²) in [5.41, 5.74) is 0. The van der Waals surface area contributed by atoms with Crippen LogP contribution in [0.25, 0.3) is 0 Å². The van der Waals surface area contributed by atoms with Crippen molar-refractivity contribution in [1.29, 1.82) is 0 Å². The third-order valence-electron chi connectivity index (χ3n) is 4.65. The molecule has 1 fully saturated rings. The summed E-state index contributed by atoms with van der Waals surface area (Å²) in [5.74, 6) is 0. The first kappa shape index (κ1) is 21.8. The largest absolute Gasteiger partial charge is 0.394 e. The van der Waals surface area contributed by atoms with E-state index in [4.69, 9.17) is 9.47 Å². The Kier molecular flexibility index (Phi) is 11.8. The van der Waals surface area contributed by atoms with Crippen LogP contribution in [0.4, 0.5) is 0 Å². The molecular formula is C18H36O6. The molecule has 5 atom stereocenters. The SMILES string of the molecule is CCCCCCCCCCCCO[C@@H]1[C@H](O)[C@@H](O)[C@@H](O)O[C@@H]1CO. The lowest BCUT2D eigenvalue weighted by atomic mass is 9.99. The molecule has 6 heteroatoms. The summed E-state index contributed by atoms with van der Waals surface area (Å²) >= 11 is 0. The molecule has 0 unspecified atom stereocenters. The van der Waals surface area contributed by atoms with Crippen molar-refractivity contribution in [3.05, 3.63) is 0 Å². The topological polar surface area (TPSA) is 99.4 Å². The van der Waals surface area contributed by atoms with Gasteiger partial charge >= 0.3 is 0 Å². The summed E-state index contributed by atoms with van der Waals surface area (Å²) < 4.78 is 10.6. The maximum atomic E-state index is 9.94. The molecular weight excluding hydrogens is 312 g/mol. The Labute approximate surface area is 145 Å². The Balaban J connectivity index is 2.05. The van der Waals surface area contributed by atoms with E-state index in [1.165, 1.54) is 51.4 Å². The minimum atomic E-state index is -1.49. The van der Waals surface area contributed by atoms with Crippen molar-refractivity contribution < 1.29 is 29.9 Å². The number of unbranched alkanes of at least 4 members (excludes halogenated alkanes) is 9. The van der Waals surface area contributed by atoms with Gasteiger partial charge in [-0.3, -0.25) is 0 Å². The summed E-state index contributed by atoms with van der Waals surface area (Å²) in [6, 6.07) is 0. The fourth-order valence-corrected chi connectivity index (χ4v) is 3.08. The summed E-state index contributed by atoms with van der Waals surface area (Å²) in [4.78, 5) is 0. The zero-order valence-electron chi connectivity index (χ0n) is 15.0.